The zero-order valence-electron chi connectivity index (χ0n) is 9.42. The highest BCUT2D eigenvalue weighted by Gasteiger charge is 2.01. The smallest absolute Gasteiger partial charge is 0.264 e. The molecule has 92 valence electrons. The molecule has 0 spiro atoms. The fourth-order valence-corrected chi connectivity index (χ4v) is 1.54. The van der Waals surface area contributed by atoms with Crippen molar-refractivity contribution in [3.63, 3.8) is 0 Å². The Kier molecular flexibility index (Phi) is 5.10. The van der Waals surface area contributed by atoms with E-state index < -0.39 is 10.1 Å². The van der Waals surface area contributed by atoms with Gasteiger partial charge in [-0.25, -0.2) is 0 Å². The number of rotatable bonds is 6. The first-order valence-corrected chi connectivity index (χ1v) is 6.74. The van der Waals surface area contributed by atoms with Crippen molar-refractivity contribution in [2.24, 2.45) is 0 Å². The molecule has 17 heavy (non-hydrogen) atoms. The standard InChI is InChI=1S/C11H13NO4S/c1-17(13,14)16-6-5-15-9-11-4-2-3-10(7-11)8-12/h2-4,7H,5-6,9H2,1H3. The molecular formula is C11H13NO4S. The van der Waals surface area contributed by atoms with Crippen LogP contribution in [0.2, 0.25) is 0 Å². The Morgan fingerprint density at radius 2 is 2.12 bits per heavy atom. The fourth-order valence-electron chi connectivity index (χ4n) is 1.17. The van der Waals surface area contributed by atoms with Crippen LogP contribution >= 0.6 is 0 Å². The molecule has 0 saturated heterocycles. The van der Waals surface area contributed by atoms with Gasteiger partial charge in [0.1, 0.15) is 0 Å². The van der Waals surface area contributed by atoms with Gasteiger partial charge in [0, 0.05) is 0 Å². The highest BCUT2D eigenvalue weighted by atomic mass is 32.2. The summed E-state index contributed by atoms with van der Waals surface area (Å²) in [5, 5.41) is 8.68. The second-order valence-electron chi connectivity index (χ2n) is 3.39. The zero-order chi connectivity index (χ0) is 12.7. The lowest BCUT2D eigenvalue weighted by molar-refractivity contribution is 0.0911. The molecule has 0 aromatic heterocycles. The van der Waals surface area contributed by atoms with Gasteiger partial charge in [-0.05, 0) is 17.7 Å². The third kappa shape index (κ3) is 6.02. The van der Waals surface area contributed by atoms with Crippen molar-refractivity contribution in [3.8, 4) is 6.07 Å². The molecule has 0 N–H and O–H groups in total. The summed E-state index contributed by atoms with van der Waals surface area (Å²) in [6.07, 6.45) is 0.989. The van der Waals surface area contributed by atoms with Crippen molar-refractivity contribution in [3.05, 3.63) is 35.4 Å². The SMILES string of the molecule is CS(=O)(=O)OCCOCc1cccc(C#N)c1. The molecule has 0 saturated carbocycles. The highest BCUT2D eigenvalue weighted by molar-refractivity contribution is 7.85. The van der Waals surface area contributed by atoms with Gasteiger partial charge in [-0.3, -0.25) is 4.18 Å². The van der Waals surface area contributed by atoms with Gasteiger partial charge in [0.15, 0.2) is 0 Å². The van der Waals surface area contributed by atoms with Crippen LogP contribution in [0.4, 0.5) is 0 Å². The number of hydrogen-bond acceptors (Lipinski definition) is 5. The number of nitriles is 1. The molecule has 0 bridgehead atoms. The second-order valence-corrected chi connectivity index (χ2v) is 5.03. The van der Waals surface area contributed by atoms with E-state index in [1.807, 2.05) is 12.1 Å². The van der Waals surface area contributed by atoms with Crippen LogP contribution in [0.15, 0.2) is 24.3 Å². The Labute approximate surface area is 101 Å². The summed E-state index contributed by atoms with van der Waals surface area (Å²) in [6.45, 7) is 0.503. The van der Waals surface area contributed by atoms with Crippen LogP contribution in [0.25, 0.3) is 0 Å². The largest absolute Gasteiger partial charge is 0.374 e. The lowest BCUT2D eigenvalue weighted by Gasteiger charge is -2.04. The number of nitrogens with zero attached hydrogens (tertiary/aromatic N) is 1. The molecule has 0 unspecified atom stereocenters. The van der Waals surface area contributed by atoms with Crippen molar-refractivity contribution >= 4 is 10.1 Å². The molecule has 0 aliphatic heterocycles. The molecule has 0 aliphatic carbocycles. The molecule has 0 fully saturated rings. The highest BCUT2D eigenvalue weighted by Crippen LogP contribution is 2.05. The molecule has 0 amide bonds. The molecule has 0 heterocycles. The third-order valence-corrected chi connectivity index (χ3v) is 2.44. The van der Waals surface area contributed by atoms with Crippen molar-refractivity contribution in [1.29, 1.82) is 5.26 Å². The maximum Gasteiger partial charge on any atom is 0.264 e. The van der Waals surface area contributed by atoms with Crippen LogP contribution in [0.1, 0.15) is 11.1 Å². The van der Waals surface area contributed by atoms with Crippen molar-refractivity contribution in [2.45, 2.75) is 6.61 Å². The summed E-state index contributed by atoms with van der Waals surface area (Å²) in [7, 11) is -3.40. The predicted octanol–water partition coefficient (Wildman–Crippen LogP) is 1.05. The molecular weight excluding hydrogens is 242 g/mol. The first kappa shape index (κ1) is 13.6. The van der Waals surface area contributed by atoms with Crippen LogP contribution in [0, 0.1) is 11.3 Å². The summed E-state index contributed by atoms with van der Waals surface area (Å²) in [5.74, 6) is 0. The van der Waals surface area contributed by atoms with Crippen LogP contribution in [-0.2, 0) is 25.6 Å². The van der Waals surface area contributed by atoms with Gasteiger partial charge in [-0.2, -0.15) is 13.7 Å². The lowest BCUT2D eigenvalue weighted by atomic mass is 10.1. The number of ether oxygens (including phenoxy) is 1. The van der Waals surface area contributed by atoms with E-state index in [-0.39, 0.29) is 13.2 Å². The summed E-state index contributed by atoms with van der Waals surface area (Å²) in [5.41, 5.74) is 1.43. The molecule has 6 heteroatoms. The Morgan fingerprint density at radius 1 is 1.35 bits per heavy atom. The number of benzene rings is 1. The summed E-state index contributed by atoms with van der Waals surface area (Å²) < 4.78 is 31.0. The van der Waals surface area contributed by atoms with Gasteiger partial charge >= 0.3 is 0 Å². The molecule has 0 radical (unpaired) electrons. The molecule has 5 nitrogen and oxygen atoms in total. The van der Waals surface area contributed by atoms with E-state index in [9.17, 15) is 8.42 Å². The van der Waals surface area contributed by atoms with Crippen molar-refractivity contribution in [2.75, 3.05) is 19.5 Å². The van der Waals surface area contributed by atoms with Gasteiger partial charge in [-0.1, -0.05) is 12.1 Å². The minimum absolute atomic E-state index is 0.00320. The molecule has 1 aromatic rings. The normalized spacial score (nSPS) is 11.1. The van der Waals surface area contributed by atoms with Gasteiger partial charge in [0.2, 0.25) is 0 Å². The monoisotopic (exact) mass is 255 g/mol. The van der Waals surface area contributed by atoms with E-state index in [4.69, 9.17) is 10.00 Å². The molecule has 0 aliphatic rings. The maximum atomic E-state index is 10.6. The molecule has 1 aromatic carbocycles. The molecule has 0 atom stereocenters. The minimum Gasteiger partial charge on any atom is -0.374 e. The van der Waals surface area contributed by atoms with Crippen molar-refractivity contribution in [1.82, 2.24) is 0 Å². The van der Waals surface area contributed by atoms with Gasteiger partial charge in [0.25, 0.3) is 10.1 Å². The Balaban J connectivity index is 2.29. The summed E-state index contributed by atoms with van der Waals surface area (Å²) in [4.78, 5) is 0. The van der Waals surface area contributed by atoms with E-state index in [1.165, 1.54) is 0 Å². The summed E-state index contributed by atoms with van der Waals surface area (Å²) in [6, 6.07) is 9.05. The van der Waals surface area contributed by atoms with E-state index >= 15 is 0 Å². The predicted molar refractivity (Wildman–Crippen MR) is 61.6 cm³/mol. The zero-order valence-corrected chi connectivity index (χ0v) is 10.2. The Hall–Kier alpha value is -1.42. The average Bonchev–Trinajstić information content (AvgIpc) is 2.27. The Bertz CT molecular complexity index is 504. The van der Waals surface area contributed by atoms with E-state index in [0.717, 1.165) is 11.8 Å². The van der Waals surface area contributed by atoms with Gasteiger partial charge in [0.05, 0.1) is 37.7 Å². The van der Waals surface area contributed by atoms with E-state index in [1.54, 1.807) is 18.2 Å². The first-order chi connectivity index (χ1) is 8.01. The Morgan fingerprint density at radius 3 is 2.76 bits per heavy atom. The topological polar surface area (TPSA) is 76.4 Å². The van der Waals surface area contributed by atoms with Crippen LogP contribution in [0.3, 0.4) is 0 Å². The second kappa shape index (κ2) is 6.35. The van der Waals surface area contributed by atoms with E-state index in [0.29, 0.717) is 12.2 Å². The van der Waals surface area contributed by atoms with Gasteiger partial charge in [-0.15, -0.1) is 0 Å². The van der Waals surface area contributed by atoms with E-state index in [2.05, 4.69) is 4.18 Å². The van der Waals surface area contributed by atoms with Crippen LogP contribution < -0.4 is 0 Å². The number of hydrogen-bond donors (Lipinski definition) is 0. The third-order valence-electron chi connectivity index (χ3n) is 1.85. The maximum absolute atomic E-state index is 10.6. The van der Waals surface area contributed by atoms with Crippen molar-refractivity contribution < 1.29 is 17.3 Å². The minimum atomic E-state index is -3.40. The van der Waals surface area contributed by atoms with Crippen LogP contribution in [0.5, 0.6) is 0 Å². The average molecular weight is 255 g/mol. The first-order valence-electron chi connectivity index (χ1n) is 4.92. The van der Waals surface area contributed by atoms with Crippen LogP contribution in [-0.4, -0.2) is 27.9 Å². The summed E-state index contributed by atoms with van der Waals surface area (Å²) >= 11 is 0. The quantitative estimate of drug-likeness (QED) is 0.561. The lowest BCUT2D eigenvalue weighted by Crippen LogP contribution is -2.09. The fraction of sp³-hybridized carbons (Fsp3) is 0.364. The molecule has 1 rings (SSSR count). The van der Waals surface area contributed by atoms with Gasteiger partial charge < -0.3 is 4.74 Å².